The van der Waals surface area contributed by atoms with Gasteiger partial charge in [0.15, 0.2) is 17.5 Å². The van der Waals surface area contributed by atoms with Crippen LogP contribution in [0.3, 0.4) is 0 Å². The second-order valence-corrected chi connectivity index (χ2v) is 5.35. The molecule has 0 spiro atoms. The smallest absolute Gasteiger partial charge is 0.191 e. The zero-order valence-corrected chi connectivity index (χ0v) is 15.6. The van der Waals surface area contributed by atoms with Gasteiger partial charge in [-0.25, -0.2) is 4.99 Å². The van der Waals surface area contributed by atoms with Crippen LogP contribution in [0, 0.1) is 0 Å². The summed E-state index contributed by atoms with van der Waals surface area (Å²) >= 11 is 0. The largest absolute Gasteiger partial charge is 0.496 e. The molecule has 1 rings (SSSR count). The lowest BCUT2D eigenvalue weighted by Crippen LogP contribution is -2.37. The topological polar surface area (TPSA) is 64.1 Å². The van der Waals surface area contributed by atoms with Crippen molar-refractivity contribution >= 4 is 5.96 Å². The minimum Gasteiger partial charge on any atom is -0.496 e. The molecule has 0 heterocycles. The van der Waals surface area contributed by atoms with Crippen molar-refractivity contribution in [2.45, 2.75) is 39.7 Å². The Labute approximate surface area is 145 Å². The van der Waals surface area contributed by atoms with Crippen molar-refractivity contribution in [3.05, 3.63) is 17.7 Å². The van der Waals surface area contributed by atoms with Crippen molar-refractivity contribution in [1.29, 1.82) is 0 Å². The zero-order chi connectivity index (χ0) is 17.8. The van der Waals surface area contributed by atoms with E-state index in [0.29, 0.717) is 18.0 Å². The van der Waals surface area contributed by atoms with Crippen LogP contribution in [0.25, 0.3) is 0 Å². The van der Waals surface area contributed by atoms with Crippen LogP contribution in [0.5, 0.6) is 17.2 Å². The van der Waals surface area contributed by atoms with E-state index in [9.17, 15) is 0 Å². The van der Waals surface area contributed by atoms with E-state index in [0.717, 1.165) is 36.8 Å². The average molecular weight is 337 g/mol. The molecular weight excluding hydrogens is 306 g/mol. The van der Waals surface area contributed by atoms with Gasteiger partial charge < -0.3 is 24.8 Å². The van der Waals surface area contributed by atoms with E-state index in [1.54, 1.807) is 21.3 Å². The van der Waals surface area contributed by atoms with Crippen LogP contribution in [-0.4, -0.2) is 40.4 Å². The van der Waals surface area contributed by atoms with Crippen molar-refractivity contribution in [3.63, 3.8) is 0 Å². The fourth-order valence-electron chi connectivity index (χ4n) is 2.30. The summed E-state index contributed by atoms with van der Waals surface area (Å²) in [4.78, 5) is 4.64. The summed E-state index contributed by atoms with van der Waals surface area (Å²) in [5, 5.41) is 6.62. The minimum absolute atomic E-state index is 0.493. The van der Waals surface area contributed by atoms with Crippen LogP contribution in [0.1, 0.15) is 38.7 Å². The van der Waals surface area contributed by atoms with Crippen molar-refractivity contribution in [2.24, 2.45) is 4.99 Å². The summed E-state index contributed by atoms with van der Waals surface area (Å²) < 4.78 is 16.1. The molecule has 0 amide bonds. The van der Waals surface area contributed by atoms with Gasteiger partial charge in [0.05, 0.1) is 27.9 Å². The predicted octanol–water partition coefficient (Wildman–Crippen LogP) is 2.96. The van der Waals surface area contributed by atoms with Gasteiger partial charge in [0.2, 0.25) is 0 Å². The quantitative estimate of drug-likeness (QED) is 0.390. The third kappa shape index (κ3) is 6.18. The van der Waals surface area contributed by atoms with Crippen LogP contribution >= 0.6 is 0 Å². The highest BCUT2D eigenvalue weighted by Crippen LogP contribution is 2.34. The Kier molecular flexibility index (Phi) is 9.49. The van der Waals surface area contributed by atoms with Gasteiger partial charge in [-0.15, -0.1) is 0 Å². The summed E-state index contributed by atoms with van der Waals surface area (Å²) in [5.74, 6) is 2.86. The summed E-state index contributed by atoms with van der Waals surface area (Å²) in [6.07, 6.45) is 3.56. The monoisotopic (exact) mass is 337 g/mol. The Morgan fingerprint density at radius 2 is 1.58 bits per heavy atom. The van der Waals surface area contributed by atoms with Gasteiger partial charge in [-0.1, -0.05) is 19.8 Å². The van der Waals surface area contributed by atoms with E-state index in [-0.39, 0.29) is 0 Å². The predicted molar refractivity (Wildman–Crippen MR) is 98.4 cm³/mol. The standard InChI is InChI=1S/C18H31N3O3/c1-6-8-9-10-20-18(19-7-2)21-13-14-11-16(23-4)17(24-5)12-15(14)22-3/h11-12H,6-10,13H2,1-5H3,(H2,19,20,21). The Bertz CT molecular complexity index is 518. The molecule has 6 heteroatoms. The first-order valence-electron chi connectivity index (χ1n) is 8.51. The normalized spacial score (nSPS) is 11.1. The lowest BCUT2D eigenvalue weighted by molar-refractivity contribution is 0.347. The fourth-order valence-corrected chi connectivity index (χ4v) is 2.30. The number of methoxy groups -OCH3 is 3. The van der Waals surface area contributed by atoms with E-state index >= 15 is 0 Å². The fraction of sp³-hybridized carbons (Fsp3) is 0.611. The van der Waals surface area contributed by atoms with Crippen molar-refractivity contribution in [1.82, 2.24) is 10.6 Å². The van der Waals surface area contributed by atoms with Crippen LogP contribution in [0.2, 0.25) is 0 Å². The van der Waals surface area contributed by atoms with Gasteiger partial charge in [0.1, 0.15) is 5.75 Å². The Hall–Kier alpha value is -2.11. The van der Waals surface area contributed by atoms with E-state index in [1.807, 2.05) is 12.1 Å². The van der Waals surface area contributed by atoms with Crippen LogP contribution < -0.4 is 24.8 Å². The van der Waals surface area contributed by atoms with Crippen LogP contribution in [0.15, 0.2) is 17.1 Å². The number of aliphatic imine (C=N–C) groups is 1. The second kappa shape index (κ2) is 11.4. The number of benzene rings is 1. The maximum Gasteiger partial charge on any atom is 0.191 e. The summed E-state index contributed by atoms with van der Waals surface area (Å²) in [7, 11) is 4.87. The highest BCUT2D eigenvalue weighted by Gasteiger charge is 2.11. The van der Waals surface area contributed by atoms with E-state index in [4.69, 9.17) is 14.2 Å². The van der Waals surface area contributed by atoms with E-state index in [1.165, 1.54) is 12.8 Å². The van der Waals surface area contributed by atoms with Gasteiger partial charge in [-0.3, -0.25) is 0 Å². The molecule has 0 saturated carbocycles. The Morgan fingerprint density at radius 3 is 2.17 bits per heavy atom. The van der Waals surface area contributed by atoms with Crippen molar-refractivity contribution in [2.75, 3.05) is 34.4 Å². The lowest BCUT2D eigenvalue weighted by Gasteiger charge is -2.14. The van der Waals surface area contributed by atoms with Crippen LogP contribution in [0.4, 0.5) is 0 Å². The number of hydrogen-bond donors (Lipinski definition) is 2. The van der Waals surface area contributed by atoms with E-state index in [2.05, 4.69) is 29.5 Å². The summed E-state index contributed by atoms with van der Waals surface area (Å²) in [6, 6.07) is 3.73. The number of unbranched alkanes of at least 4 members (excludes halogenated alkanes) is 2. The molecule has 2 N–H and O–H groups in total. The first kappa shape index (κ1) is 19.9. The molecule has 0 aromatic heterocycles. The van der Waals surface area contributed by atoms with Crippen molar-refractivity contribution < 1.29 is 14.2 Å². The molecule has 1 aromatic rings. The minimum atomic E-state index is 0.493. The Balaban J connectivity index is 2.86. The number of nitrogens with one attached hydrogen (secondary N) is 2. The number of ether oxygens (including phenoxy) is 3. The van der Waals surface area contributed by atoms with Gasteiger partial charge in [-0.2, -0.15) is 0 Å². The first-order valence-corrected chi connectivity index (χ1v) is 8.51. The van der Waals surface area contributed by atoms with Gasteiger partial charge in [-0.05, 0) is 19.4 Å². The molecule has 136 valence electrons. The highest BCUT2D eigenvalue weighted by atomic mass is 16.5. The molecule has 0 aliphatic carbocycles. The van der Waals surface area contributed by atoms with E-state index < -0.39 is 0 Å². The summed E-state index contributed by atoms with van der Waals surface area (Å²) in [6.45, 7) is 6.49. The first-order chi connectivity index (χ1) is 11.7. The molecule has 24 heavy (non-hydrogen) atoms. The highest BCUT2D eigenvalue weighted by molar-refractivity contribution is 5.79. The number of rotatable bonds is 10. The molecule has 0 fully saturated rings. The Morgan fingerprint density at radius 1 is 0.917 bits per heavy atom. The second-order valence-electron chi connectivity index (χ2n) is 5.35. The zero-order valence-electron chi connectivity index (χ0n) is 15.6. The number of nitrogens with zero attached hydrogens (tertiary/aromatic N) is 1. The summed E-state index contributed by atoms with van der Waals surface area (Å²) in [5.41, 5.74) is 0.945. The van der Waals surface area contributed by atoms with Gasteiger partial charge in [0.25, 0.3) is 0 Å². The van der Waals surface area contributed by atoms with Crippen LogP contribution in [-0.2, 0) is 6.54 Å². The molecule has 0 unspecified atom stereocenters. The van der Waals surface area contributed by atoms with Crippen molar-refractivity contribution in [3.8, 4) is 17.2 Å². The SMILES string of the molecule is CCCCCNC(=NCc1cc(OC)c(OC)cc1OC)NCC. The molecule has 0 atom stereocenters. The number of hydrogen-bond acceptors (Lipinski definition) is 4. The maximum absolute atomic E-state index is 5.45. The molecule has 6 nitrogen and oxygen atoms in total. The number of guanidine groups is 1. The lowest BCUT2D eigenvalue weighted by atomic mass is 10.1. The third-order valence-electron chi connectivity index (χ3n) is 3.61. The average Bonchev–Trinajstić information content (AvgIpc) is 2.62. The molecule has 0 aliphatic heterocycles. The molecule has 0 bridgehead atoms. The maximum atomic E-state index is 5.45. The molecule has 0 saturated heterocycles. The molecule has 0 radical (unpaired) electrons. The molecule has 1 aromatic carbocycles. The third-order valence-corrected chi connectivity index (χ3v) is 3.61. The van der Waals surface area contributed by atoms with Gasteiger partial charge >= 0.3 is 0 Å². The molecular formula is C18H31N3O3. The van der Waals surface area contributed by atoms with Gasteiger partial charge in [0, 0.05) is 24.7 Å². The molecule has 0 aliphatic rings.